The predicted molar refractivity (Wildman–Crippen MR) is 124 cm³/mol. The minimum absolute atomic E-state index is 0.0829. The van der Waals surface area contributed by atoms with Crippen molar-refractivity contribution in [3.8, 4) is 0 Å². The summed E-state index contributed by atoms with van der Waals surface area (Å²) in [6.45, 7) is -0.310. The second-order valence-corrected chi connectivity index (χ2v) is 9.22. The zero-order valence-electron chi connectivity index (χ0n) is 17.4. The average molecular weight is 617 g/mol. The van der Waals surface area contributed by atoms with Crippen molar-refractivity contribution in [2.45, 2.75) is 44.3 Å². The normalized spacial score (nSPS) is 16.9. The molecule has 1 aliphatic rings. The van der Waals surface area contributed by atoms with E-state index in [1.165, 1.54) is 6.08 Å². The van der Waals surface area contributed by atoms with Gasteiger partial charge in [0.2, 0.25) is 0 Å². The number of hydroxylamine groups is 1. The van der Waals surface area contributed by atoms with Crippen molar-refractivity contribution in [1.29, 1.82) is 0 Å². The quantitative estimate of drug-likeness (QED) is 0.117. The molecule has 12 heteroatoms. The van der Waals surface area contributed by atoms with E-state index in [1.54, 1.807) is 18.2 Å². The lowest BCUT2D eigenvalue weighted by Gasteiger charge is -2.26. The van der Waals surface area contributed by atoms with Gasteiger partial charge in [0, 0.05) is 6.08 Å². The molecular weight excluding hydrogens is 598 g/mol. The van der Waals surface area contributed by atoms with Gasteiger partial charge in [0.15, 0.2) is 0 Å². The van der Waals surface area contributed by atoms with E-state index in [4.69, 9.17) is 9.36 Å². The summed E-state index contributed by atoms with van der Waals surface area (Å²) < 4.78 is 89.2. The number of benzene rings is 2. The molecule has 2 unspecified atom stereocenters. The smallest absolute Gasteiger partial charge is 0.369 e. The van der Waals surface area contributed by atoms with Gasteiger partial charge in [0.25, 0.3) is 5.91 Å². The number of fused-ring (bicyclic) bond motifs is 1. The Kier molecular flexibility index (Phi) is 8.99. The number of nitrogens with one attached hydrogen (secondary N) is 1. The SMILES string of the molecule is O=C(/C=C/c1ccc2c(c1)CCCC2OCc1cc(C(F)(F)F)cc(C(F)(F)F)c1)NOPI. The molecule has 1 aliphatic carbocycles. The van der Waals surface area contributed by atoms with Crippen LogP contribution in [0.4, 0.5) is 26.3 Å². The third-order valence-corrected chi connectivity index (χ3v) is 5.98. The van der Waals surface area contributed by atoms with Gasteiger partial charge < -0.3 is 4.74 Å². The molecule has 0 fully saturated rings. The molecule has 2 atom stereocenters. The Morgan fingerprint density at radius 3 is 2.38 bits per heavy atom. The van der Waals surface area contributed by atoms with E-state index < -0.39 is 42.1 Å². The maximum absolute atomic E-state index is 13.1. The van der Waals surface area contributed by atoms with Gasteiger partial charge in [-0.2, -0.15) is 26.3 Å². The van der Waals surface area contributed by atoms with Gasteiger partial charge in [-0.3, -0.25) is 4.79 Å². The Morgan fingerprint density at radius 1 is 1.09 bits per heavy atom. The van der Waals surface area contributed by atoms with Crippen LogP contribution in [0.15, 0.2) is 42.5 Å². The van der Waals surface area contributed by atoms with Crippen LogP contribution in [0.3, 0.4) is 0 Å². The molecule has 0 aliphatic heterocycles. The topological polar surface area (TPSA) is 47.6 Å². The lowest BCUT2D eigenvalue weighted by atomic mass is 9.88. The van der Waals surface area contributed by atoms with Crippen molar-refractivity contribution in [3.05, 3.63) is 75.9 Å². The van der Waals surface area contributed by atoms with E-state index in [2.05, 4.69) is 5.48 Å². The zero-order valence-corrected chi connectivity index (χ0v) is 20.6. The number of carbonyl (C=O) groups is 1. The van der Waals surface area contributed by atoms with E-state index >= 15 is 0 Å². The number of carbonyl (C=O) groups excluding carboxylic acids is 1. The summed E-state index contributed by atoms with van der Waals surface area (Å²) >= 11 is 1.96. The molecule has 0 saturated heterocycles. The highest BCUT2D eigenvalue weighted by Gasteiger charge is 2.37. The zero-order chi connectivity index (χ0) is 24.9. The van der Waals surface area contributed by atoms with Crippen molar-refractivity contribution in [2.75, 3.05) is 0 Å². The highest BCUT2D eigenvalue weighted by atomic mass is 127. The van der Waals surface area contributed by atoms with Gasteiger partial charge in [0.1, 0.15) is 6.45 Å². The second kappa shape index (κ2) is 11.4. The minimum atomic E-state index is -4.91. The van der Waals surface area contributed by atoms with Gasteiger partial charge in [-0.15, -0.1) is 0 Å². The number of amides is 1. The standard InChI is InChI=1S/C22H19F6INO3P/c23-21(24,25)16-9-14(10-17(11-16)22(26,27)28)12-32-19-3-1-2-15-8-13(4-6-18(15)19)5-7-20(31)30-33-34-29/h4-11,19,34H,1-3,12H2,(H,30,31)/b7-5+. The molecule has 0 bridgehead atoms. The van der Waals surface area contributed by atoms with E-state index in [0.29, 0.717) is 18.6 Å². The molecule has 3 rings (SSSR count). The fraction of sp³-hybridized carbons (Fsp3) is 0.318. The molecule has 0 aromatic heterocycles. The number of alkyl halides is 6. The van der Waals surface area contributed by atoms with Crippen molar-refractivity contribution in [2.24, 2.45) is 0 Å². The molecular formula is C22H19F6INO3P. The Balaban J connectivity index is 1.75. The maximum atomic E-state index is 13.1. The molecule has 34 heavy (non-hydrogen) atoms. The van der Waals surface area contributed by atoms with E-state index in [-0.39, 0.29) is 18.1 Å². The molecule has 1 amide bonds. The molecule has 4 nitrogen and oxygen atoms in total. The minimum Gasteiger partial charge on any atom is -0.369 e. The lowest BCUT2D eigenvalue weighted by Crippen LogP contribution is -2.16. The van der Waals surface area contributed by atoms with Gasteiger partial charge in [-0.25, -0.2) is 10.1 Å². The molecule has 0 spiro atoms. The molecule has 0 saturated carbocycles. The third-order valence-electron chi connectivity index (χ3n) is 5.14. The van der Waals surface area contributed by atoms with Gasteiger partial charge >= 0.3 is 12.4 Å². The molecule has 0 heterocycles. The summed E-state index contributed by atoms with van der Waals surface area (Å²) in [5.41, 5.74) is 1.85. The van der Waals surface area contributed by atoms with Gasteiger partial charge in [-0.05, 0) is 87.8 Å². The Morgan fingerprint density at radius 2 is 1.76 bits per heavy atom. The molecule has 0 radical (unpaired) electrons. The summed E-state index contributed by atoms with van der Waals surface area (Å²) in [4.78, 5) is 11.6. The van der Waals surface area contributed by atoms with Crippen LogP contribution in [0.5, 0.6) is 0 Å². The molecule has 184 valence electrons. The maximum Gasteiger partial charge on any atom is 0.416 e. The van der Waals surface area contributed by atoms with Crippen LogP contribution in [0.25, 0.3) is 6.08 Å². The average Bonchev–Trinajstić information content (AvgIpc) is 2.78. The van der Waals surface area contributed by atoms with Crippen molar-refractivity contribution < 1.29 is 40.5 Å². The summed E-state index contributed by atoms with van der Waals surface area (Å²) in [5.74, 6) is -0.414. The van der Waals surface area contributed by atoms with Crippen molar-refractivity contribution in [1.82, 2.24) is 5.48 Å². The molecule has 1 N–H and O–H groups in total. The van der Waals surface area contributed by atoms with Gasteiger partial charge in [-0.1, -0.05) is 18.2 Å². The fourth-order valence-electron chi connectivity index (χ4n) is 3.64. The van der Waals surface area contributed by atoms with E-state index in [9.17, 15) is 31.1 Å². The third kappa shape index (κ3) is 7.40. The van der Waals surface area contributed by atoms with Crippen LogP contribution in [0, 0.1) is 0 Å². The summed E-state index contributed by atoms with van der Waals surface area (Å²) in [6, 6.07) is 6.90. The predicted octanol–water partition coefficient (Wildman–Crippen LogP) is 7.32. The van der Waals surface area contributed by atoms with Crippen LogP contribution < -0.4 is 5.48 Å². The van der Waals surface area contributed by atoms with Crippen LogP contribution >= 0.6 is 28.5 Å². The number of hydrogen-bond donors (Lipinski definition) is 1. The number of halogens is 7. The first kappa shape index (κ1) is 26.9. The first-order chi connectivity index (χ1) is 16.0. The monoisotopic (exact) mass is 617 g/mol. The molecule has 2 aromatic carbocycles. The van der Waals surface area contributed by atoms with Crippen LogP contribution in [-0.2, 0) is 39.5 Å². The highest BCUT2D eigenvalue weighted by molar-refractivity contribution is 14.2. The van der Waals surface area contributed by atoms with Gasteiger partial charge in [0.05, 0.1) is 23.8 Å². The first-order valence-electron chi connectivity index (χ1n) is 9.99. The lowest BCUT2D eigenvalue weighted by molar-refractivity contribution is -0.143. The number of aryl methyl sites for hydroxylation is 1. The number of hydrogen-bond acceptors (Lipinski definition) is 3. The number of ether oxygens (including phenoxy) is 1. The van der Waals surface area contributed by atoms with Crippen LogP contribution in [-0.4, -0.2) is 5.91 Å². The fourth-order valence-corrected chi connectivity index (χ4v) is 4.11. The largest absolute Gasteiger partial charge is 0.416 e. The second-order valence-electron chi connectivity index (χ2n) is 7.54. The highest BCUT2D eigenvalue weighted by Crippen LogP contribution is 2.38. The molecule has 2 aromatic rings. The summed E-state index contributed by atoms with van der Waals surface area (Å²) in [7, 11) is 0. The van der Waals surface area contributed by atoms with E-state index in [1.807, 2.05) is 28.1 Å². The number of rotatable bonds is 7. The summed E-state index contributed by atoms with van der Waals surface area (Å²) in [6.07, 6.45) is -5.27. The Labute approximate surface area is 206 Å². The summed E-state index contributed by atoms with van der Waals surface area (Å²) in [5, 5.41) is 0. The Hall–Kier alpha value is -1.69. The van der Waals surface area contributed by atoms with Crippen LogP contribution in [0.2, 0.25) is 0 Å². The first-order valence-corrected chi connectivity index (χ1v) is 14.0. The van der Waals surface area contributed by atoms with Crippen molar-refractivity contribution >= 4 is 40.5 Å². The van der Waals surface area contributed by atoms with Crippen LogP contribution in [0.1, 0.15) is 52.3 Å². The van der Waals surface area contributed by atoms with E-state index in [0.717, 1.165) is 29.5 Å². The van der Waals surface area contributed by atoms with Crippen molar-refractivity contribution in [3.63, 3.8) is 0 Å². The Bertz CT molecular complexity index is 1030.